The zero-order valence-corrected chi connectivity index (χ0v) is 21.7. The van der Waals surface area contributed by atoms with Gasteiger partial charge in [-0.1, -0.05) is 36.4 Å². The molecule has 194 valence electrons. The van der Waals surface area contributed by atoms with Crippen LogP contribution in [0.4, 0.5) is 25.2 Å². The van der Waals surface area contributed by atoms with E-state index in [0.29, 0.717) is 21.9 Å². The monoisotopic (exact) mass is 592 g/mol. The van der Waals surface area contributed by atoms with E-state index < -0.39 is 7.81 Å². The molecule has 0 aliphatic carbocycles. The molecule has 0 saturated heterocycles. The Hall–Kier alpha value is -2.65. The van der Waals surface area contributed by atoms with Crippen molar-refractivity contribution in [2.75, 3.05) is 0 Å². The molecule has 0 fully saturated rings. The summed E-state index contributed by atoms with van der Waals surface area (Å²) in [6, 6.07) is 32.1. The molecular formula is C25H16ClF6O2PS2. The van der Waals surface area contributed by atoms with Crippen molar-refractivity contribution in [1.29, 1.82) is 0 Å². The van der Waals surface area contributed by atoms with E-state index in [2.05, 4.69) is 30.3 Å². The Morgan fingerprint density at radius 3 is 1.59 bits per heavy atom. The van der Waals surface area contributed by atoms with Gasteiger partial charge in [-0.2, -0.15) is 0 Å². The maximum atomic E-state index is 13.3. The van der Waals surface area contributed by atoms with E-state index in [0.717, 1.165) is 20.8 Å². The minimum atomic E-state index is -10.7. The second-order valence-electron chi connectivity index (χ2n) is 7.71. The second-order valence-corrected chi connectivity index (χ2v) is 12.7. The van der Waals surface area contributed by atoms with Gasteiger partial charge in [-0.05, 0) is 76.3 Å². The molecule has 0 bridgehead atoms. The molecule has 0 aliphatic rings. The van der Waals surface area contributed by atoms with Gasteiger partial charge in [0.1, 0.15) is 11.2 Å². The molecule has 1 aromatic heterocycles. The fourth-order valence-corrected chi connectivity index (χ4v) is 6.20. The Morgan fingerprint density at radius 1 is 0.649 bits per heavy atom. The van der Waals surface area contributed by atoms with Crippen LogP contribution in [-0.2, 0) is 10.9 Å². The average Bonchev–Trinajstić information content (AvgIpc) is 2.84. The number of hydrogen-bond donors (Lipinski definition) is 0. The summed E-state index contributed by atoms with van der Waals surface area (Å²) >= 11 is 0. The van der Waals surface area contributed by atoms with Gasteiger partial charge in [-0.3, -0.25) is 4.79 Å². The van der Waals surface area contributed by atoms with Crippen molar-refractivity contribution < 1.29 is 29.6 Å². The van der Waals surface area contributed by atoms with Crippen molar-refractivity contribution >= 4 is 62.3 Å². The molecule has 0 radical (unpaired) electrons. The zero-order chi connectivity index (χ0) is 26.9. The van der Waals surface area contributed by atoms with Gasteiger partial charge in [0, 0.05) is 11.0 Å². The van der Waals surface area contributed by atoms with Crippen LogP contribution < -0.4 is 5.43 Å². The Balaban J connectivity index is 0.000000405. The Labute approximate surface area is 218 Å². The number of fused-ring (bicyclic) bond motifs is 2. The molecule has 0 amide bonds. The number of halogens is 7. The summed E-state index contributed by atoms with van der Waals surface area (Å²) in [7, 11) is -4.00. The molecule has 1 heterocycles. The van der Waals surface area contributed by atoms with Crippen molar-refractivity contribution in [2.24, 2.45) is 0 Å². The van der Waals surface area contributed by atoms with Crippen molar-refractivity contribution in [3.8, 4) is 0 Å². The third-order valence-corrected chi connectivity index (χ3v) is 8.07. The predicted molar refractivity (Wildman–Crippen MR) is 140 cm³/mol. The van der Waals surface area contributed by atoms with Crippen molar-refractivity contribution in [2.45, 2.75) is 19.6 Å². The average molecular weight is 593 g/mol. The van der Waals surface area contributed by atoms with Crippen LogP contribution in [0.1, 0.15) is 0 Å². The van der Waals surface area contributed by atoms with E-state index in [1.54, 1.807) is 12.1 Å². The Bertz CT molecular complexity index is 1580. The van der Waals surface area contributed by atoms with Gasteiger partial charge in [-0.25, -0.2) is 0 Å². The van der Waals surface area contributed by atoms with E-state index in [1.165, 1.54) is 9.79 Å². The molecule has 37 heavy (non-hydrogen) atoms. The third kappa shape index (κ3) is 7.68. The van der Waals surface area contributed by atoms with E-state index in [1.807, 2.05) is 54.6 Å². The van der Waals surface area contributed by atoms with E-state index in [-0.39, 0.29) is 16.3 Å². The first-order valence-electron chi connectivity index (χ1n) is 10.4. The first-order valence-corrected chi connectivity index (χ1v) is 15.3. The van der Waals surface area contributed by atoms with E-state index in [4.69, 9.17) is 15.1 Å². The maximum absolute atomic E-state index is 13.3. The number of benzene rings is 4. The fraction of sp³-hybridized carbons (Fsp3) is 0. The molecule has 2 nitrogen and oxygen atoms in total. The van der Waals surface area contributed by atoms with Gasteiger partial charge >= 0.3 is 33.0 Å². The van der Waals surface area contributed by atoms with Crippen LogP contribution in [0.5, 0.6) is 0 Å². The molecule has 0 saturated carbocycles. The van der Waals surface area contributed by atoms with Gasteiger partial charge in [-0.15, -0.1) is 0 Å². The molecule has 12 heteroatoms. The number of rotatable bonds is 4. The molecule has 0 N–H and O–H groups in total. The van der Waals surface area contributed by atoms with Crippen LogP contribution in [0.25, 0.3) is 21.9 Å². The summed E-state index contributed by atoms with van der Waals surface area (Å²) in [5.41, 5.74) is 1.12. The second kappa shape index (κ2) is 9.58. The smallest absolute Gasteiger partial charge is 0.200 e. The molecule has 0 spiro atoms. The Kier molecular flexibility index (Phi) is 7.09. The molecule has 5 aromatic rings. The topological polar surface area (TPSA) is 30.2 Å². The SMILES string of the molecule is F[P-](F)(F)(F)(F)F.O=c1c2cc(SCl)ccc2oc2ccc([S+](c3ccccc3)c3ccccc3)cc12. The number of hydrogen-bond acceptors (Lipinski definition) is 3. The molecule has 0 aliphatic heterocycles. The van der Waals surface area contributed by atoms with Crippen LogP contribution in [0.2, 0.25) is 0 Å². The van der Waals surface area contributed by atoms with Gasteiger partial charge < -0.3 is 4.42 Å². The van der Waals surface area contributed by atoms with Gasteiger partial charge in [0.2, 0.25) is 5.43 Å². The quantitative estimate of drug-likeness (QED) is 0.0900. The van der Waals surface area contributed by atoms with E-state index >= 15 is 0 Å². The van der Waals surface area contributed by atoms with E-state index in [9.17, 15) is 30.0 Å². The van der Waals surface area contributed by atoms with Crippen LogP contribution in [0.3, 0.4) is 0 Å². The summed E-state index contributed by atoms with van der Waals surface area (Å²) in [4.78, 5) is 17.6. The molecule has 0 atom stereocenters. The van der Waals surface area contributed by atoms with Gasteiger partial charge in [0.25, 0.3) is 0 Å². The summed E-state index contributed by atoms with van der Waals surface area (Å²) in [6.45, 7) is 0. The zero-order valence-electron chi connectivity index (χ0n) is 18.5. The summed E-state index contributed by atoms with van der Waals surface area (Å²) < 4.78 is 65.2. The minimum Gasteiger partial charge on any atom is -0.456 e. The first kappa shape index (κ1) is 27.4. The molecule has 0 unspecified atom stereocenters. The molecule has 4 aromatic carbocycles. The predicted octanol–water partition coefficient (Wildman–Crippen LogP) is 10.7. The van der Waals surface area contributed by atoms with Crippen LogP contribution in [0.15, 0.2) is 126 Å². The molecule has 5 rings (SSSR count). The first-order chi connectivity index (χ1) is 17.2. The third-order valence-electron chi connectivity index (χ3n) is 4.89. The van der Waals surface area contributed by atoms with Gasteiger partial charge in [0.15, 0.2) is 14.7 Å². The van der Waals surface area contributed by atoms with Crippen LogP contribution in [-0.4, -0.2) is 0 Å². The normalized spacial score (nSPS) is 13.6. The molecular weight excluding hydrogens is 577 g/mol. The summed E-state index contributed by atoms with van der Waals surface area (Å²) in [5.74, 6) is 0. The maximum Gasteiger partial charge on any atom is 0.200 e. The van der Waals surface area contributed by atoms with Crippen molar-refractivity contribution in [1.82, 2.24) is 0 Å². The summed E-state index contributed by atoms with van der Waals surface area (Å²) in [6.07, 6.45) is 0. The van der Waals surface area contributed by atoms with Gasteiger partial charge in [0.05, 0.1) is 21.7 Å². The van der Waals surface area contributed by atoms with Crippen LogP contribution >= 0.6 is 29.5 Å². The largest absolute Gasteiger partial charge is 0.456 e. The van der Waals surface area contributed by atoms with Crippen LogP contribution in [0, 0.1) is 0 Å². The fourth-order valence-electron chi connectivity index (χ4n) is 3.51. The van der Waals surface area contributed by atoms with Crippen molar-refractivity contribution in [3.63, 3.8) is 0 Å². The Morgan fingerprint density at radius 2 is 1.11 bits per heavy atom. The van der Waals surface area contributed by atoms with Crippen molar-refractivity contribution in [3.05, 3.63) is 107 Å². The summed E-state index contributed by atoms with van der Waals surface area (Å²) in [5, 5.41) is 1.13. The minimum absolute atomic E-state index is 0.0367. The standard InChI is InChI=1S/C25H16ClO2S2.F6P/c26-29-17-11-13-23-21(15-17)25(27)22-16-20(12-14-24(22)28-23)30(18-7-3-1-4-8-18)19-9-5-2-6-10-19;1-7(2,3,4,5)6/h1-16H;/q+1;-1.